The number of esters is 1. The van der Waals surface area contributed by atoms with Gasteiger partial charge in [0.25, 0.3) is 0 Å². The first-order valence-electron chi connectivity index (χ1n) is 12.0. The van der Waals surface area contributed by atoms with Crippen LogP contribution < -0.4 is 20.7 Å². The van der Waals surface area contributed by atoms with Gasteiger partial charge in [-0.05, 0) is 80.2 Å². The number of amides is 1. The summed E-state index contributed by atoms with van der Waals surface area (Å²) in [5, 5.41) is 9.27. The average molecular weight is 538 g/mol. The molecule has 0 saturated heterocycles. The fraction of sp³-hybridized carbons (Fsp3) is 0.250. The Morgan fingerprint density at radius 1 is 0.946 bits per heavy atom. The van der Waals surface area contributed by atoms with Crippen LogP contribution in [0.1, 0.15) is 37.0 Å². The third-order valence-corrected chi connectivity index (χ3v) is 6.55. The third kappa shape index (κ3) is 8.80. The smallest absolute Gasteiger partial charge is 0.338 e. The number of hydrogen-bond donors (Lipinski definition) is 3. The SMILES string of the molecule is CCCCOC(=O)c1ccc(NC(=O)C(C)Sc2cccc(NC(=S)Nc3ccccc3OC)c2)cc1. The molecule has 7 nitrogen and oxygen atoms in total. The van der Waals surface area contributed by atoms with Crippen molar-refractivity contribution in [2.75, 3.05) is 29.7 Å². The molecule has 0 heterocycles. The number of nitrogens with one attached hydrogen (secondary N) is 3. The van der Waals surface area contributed by atoms with E-state index in [1.165, 1.54) is 11.8 Å². The van der Waals surface area contributed by atoms with Crippen LogP contribution in [-0.2, 0) is 9.53 Å². The van der Waals surface area contributed by atoms with Crippen molar-refractivity contribution in [3.05, 3.63) is 78.4 Å². The molecule has 0 aliphatic rings. The van der Waals surface area contributed by atoms with Gasteiger partial charge in [-0.15, -0.1) is 11.8 Å². The zero-order chi connectivity index (χ0) is 26.6. The molecule has 9 heteroatoms. The number of benzene rings is 3. The molecule has 3 rings (SSSR count). The minimum atomic E-state index is -0.360. The normalized spacial score (nSPS) is 11.2. The Kier molecular flexibility index (Phi) is 10.8. The van der Waals surface area contributed by atoms with Crippen molar-refractivity contribution in [2.45, 2.75) is 36.8 Å². The molecule has 0 spiro atoms. The van der Waals surface area contributed by atoms with Crippen LogP contribution >= 0.6 is 24.0 Å². The van der Waals surface area contributed by atoms with Crippen molar-refractivity contribution >= 4 is 58.0 Å². The molecule has 0 aromatic heterocycles. The first-order valence-corrected chi connectivity index (χ1v) is 13.2. The highest BCUT2D eigenvalue weighted by Gasteiger charge is 2.16. The zero-order valence-corrected chi connectivity index (χ0v) is 22.7. The molecule has 1 amide bonds. The van der Waals surface area contributed by atoms with Crippen LogP contribution in [0.4, 0.5) is 17.1 Å². The lowest BCUT2D eigenvalue weighted by Crippen LogP contribution is -2.22. The van der Waals surface area contributed by atoms with Gasteiger partial charge < -0.3 is 25.4 Å². The number of thiocarbonyl (C=S) groups is 1. The summed E-state index contributed by atoms with van der Waals surface area (Å²) in [4.78, 5) is 25.7. The van der Waals surface area contributed by atoms with Crippen molar-refractivity contribution in [2.24, 2.45) is 0 Å². The molecule has 194 valence electrons. The number of carbonyl (C=O) groups excluding carboxylic acids is 2. The molecular weight excluding hydrogens is 506 g/mol. The predicted octanol–water partition coefficient (Wildman–Crippen LogP) is 6.58. The Balaban J connectivity index is 1.53. The van der Waals surface area contributed by atoms with Crippen LogP contribution in [-0.4, -0.2) is 36.0 Å². The largest absolute Gasteiger partial charge is 0.495 e. The fourth-order valence-electron chi connectivity index (χ4n) is 3.26. The molecule has 37 heavy (non-hydrogen) atoms. The van der Waals surface area contributed by atoms with E-state index in [4.69, 9.17) is 21.7 Å². The van der Waals surface area contributed by atoms with Crippen LogP contribution in [0.5, 0.6) is 5.75 Å². The summed E-state index contributed by atoms with van der Waals surface area (Å²) >= 11 is 6.88. The summed E-state index contributed by atoms with van der Waals surface area (Å²) < 4.78 is 10.6. The molecule has 0 saturated carbocycles. The molecule has 3 aromatic rings. The Bertz CT molecular complexity index is 1220. The van der Waals surface area contributed by atoms with Crippen LogP contribution in [0, 0.1) is 0 Å². The zero-order valence-electron chi connectivity index (χ0n) is 21.1. The molecule has 0 fully saturated rings. The highest BCUT2D eigenvalue weighted by Crippen LogP contribution is 2.27. The van der Waals surface area contributed by atoms with Crippen molar-refractivity contribution in [3.63, 3.8) is 0 Å². The second-order valence-corrected chi connectivity index (χ2v) is 9.95. The summed E-state index contributed by atoms with van der Waals surface area (Å²) in [6.45, 7) is 4.28. The number of unbranched alkanes of at least 4 members (excludes halogenated alkanes) is 1. The molecule has 0 aliphatic carbocycles. The van der Waals surface area contributed by atoms with Gasteiger partial charge in [0.2, 0.25) is 5.91 Å². The molecule has 0 aliphatic heterocycles. The number of methoxy groups -OCH3 is 1. The van der Waals surface area contributed by atoms with E-state index >= 15 is 0 Å². The van der Waals surface area contributed by atoms with E-state index in [0.717, 1.165) is 29.1 Å². The third-order valence-electron chi connectivity index (χ3n) is 5.25. The van der Waals surface area contributed by atoms with Gasteiger partial charge in [0.05, 0.1) is 30.2 Å². The molecule has 0 bridgehead atoms. The van der Waals surface area contributed by atoms with Crippen molar-refractivity contribution in [1.82, 2.24) is 0 Å². The number of para-hydroxylation sites is 2. The van der Waals surface area contributed by atoms with E-state index in [9.17, 15) is 9.59 Å². The van der Waals surface area contributed by atoms with Gasteiger partial charge in [0, 0.05) is 16.3 Å². The highest BCUT2D eigenvalue weighted by molar-refractivity contribution is 8.00. The summed E-state index contributed by atoms with van der Waals surface area (Å²) in [6, 6.07) is 21.9. The monoisotopic (exact) mass is 537 g/mol. The lowest BCUT2D eigenvalue weighted by atomic mass is 10.2. The number of anilines is 3. The molecule has 1 atom stereocenters. The summed E-state index contributed by atoms with van der Waals surface area (Å²) in [7, 11) is 1.61. The Morgan fingerprint density at radius 2 is 1.70 bits per heavy atom. The standard InChI is InChI=1S/C28H31N3O4S2/c1-4-5-17-35-27(33)20-13-15-21(16-14-20)29-26(32)19(2)37-23-10-8-9-22(18-23)30-28(36)31-24-11-6-7-12-25(24)34-3/h6-16,18-19H,4-5,17H2,1-3H3,(H,29,32)(H2,30,31,36). The Hall–Kier alpha value is -3.56. The maximum atomic E-state index is 12.8. The van der Waals surface area contributed by atoms with Crippen LogP contribution in [0.3, 0.4) is 0 Å². The maximum absolute atomic E-state index is 12.8. The van der Waals surface area contributed by atoms with E-state index in [-0.39, 0.29) is 17.1 Å². The quantitative estimate of drug-likeness (QED) is 0.109. The van der Waals surface area contributed by atoms with Crippen molar-refractivity contribution in [1.29, 1.82) is 0 Å². The van der Waals surface area contributed by atoms with E-state index in [2.05, 4.69) is 16.0 Å². The Morgan fingerprint density at radius 3 is 2.43 bits per heavy atom. The fourth-order valence-corrected chi connectivity index (χ4v) is 4.42. The van der Waals surface area contributed by atoms with Gasteiger partial charge in [-0.2, -0.15) is 0 Å². The van der Waals surface area contributed by atoms with Crippen molar-refractivity contribution < 1.29 is 19.1 Å². The van der Waals surface area contributed by atoms with E-state index in [1.54, 1.807) is 31.4 Å². The molecule has 3 N–H and O–H groups in total. The topological polar surface area (TPSA) is 88.7 Å². The van der Waals surface area contributed by atoms with Gasteiger partial charge in [0.15, 0.2) is 5.11 Å². The minimum absolute atomic E-state index is 0.144. The first-order chi connectivity index (χ1) is 17.9. The van der Waals surface area contributed by atoms with Gasteiger partial charge in [-0.25, -0.2) is 4.79 Å². The number of hydrogen-bond acceptors (Lipinski definition) is 6. The summed E-state index contributed by atoms with van der Waals surface area (Å²) in [6.07, 6.45) is 1.80. The molecular formula is C28H31N3O4S2. The van der Waals surface area contributed by atoms with E-state index in [0.29, 0.717) is 28.7 Å². The summed E-state index contributed by atoms with van der Waals surface area (Å²) in [5.74, 6) is 0.189. The van der Waals surface area contributed by atoms with Crippen LogP contribution in [0.25, 0.3) is 0 Å². The van der Waals surface area contributed by atoms with Gasteiger partial charge in [-0.1, -0.05) is 31.5 Å². The molecule has 0 radical (unpaired) electrons. The Labute approximate surface area is 227 Å². The van der Waals surface area contributed by atoms with E-state index < -0.39 is 0 Å². The minimum Gasteiger partial charge on any atom is -0.495 e. The van der Waals surface area contributed by atoms with Crippen LogP contribution in [0.15, 0.2) is 77.7 Å². The number of carbonyl (C=O) groups is 2. The average Bonchev–Trinajstić information content (AvgIpc) is 2.89. The van der Waals surface area contributed by atoms with Gasteiger partial charge in [0.1, 0.15) is 5.75 Å². The number of thioether (sulfide) groups is 1. The molecule has 3 aromatic carbocycles. The maximum Gasteiger partial charge on any atom is 0.338 e. The second kappa shape index (κ2) is 14.2. The number of rotatable bonds is 11. The van der Waals surface area contributed by atoms with Crippen molar-refractivity contribution in [3.8, 4) is 5.75 Å². The lowest BCUT2D eigenvalue weighted by Gasteiger charge is -2.15. The molecule has 1 unspecified atom stereocenters. The number of ether oxygens (including phenoxy) is 2. The second-order valence-electron chi connectivity index (χ2n) is 8.12. The first kappa shape index (κ1) is 28.0. The van der Waals surface area contributed by atoms with Gasteiger partial charge >= 0.3 is 5.97 Å². The van der Waals surface area contributed by atoms with Crippen LogP contribution in [0.2, 0.25) is 0 Å². The van der Waals surface area contributed by atoms with E-state index in [1.807, 2.05) is 62.4 Å². The highest BCUT2D eigenvalue weighted by atomic mass is 32.2. The van der Waals surface area contributed by atoms with Gasteiger partial charge in [-0.3, -0.25) is 4.79 Å². The lowest BCUT2D eigenvalue weighted by molar-refractivity contribution is -0.115. The summed E-state index contributed by atoms with van der Waals surface area (Å²) in [5.41, 5.74) is 2.64. The predicted molar refractivity (Wildman–Crippen MR) is 155 cm³/mol.